The molecule has 3 fully saturated rings. The number of nitrogens with two attached hydrogens (primary N) is 1. The van der Waals surface area contributed by atoms with E-state index in [0.29, 0.717) is 12.0 Å². The van der Waals surface area contributed by atoms with Crippen LogP contribution in [0.3, 0.4) is 0 Å². The predicted molar refractivity (Wildman–Crippen MR) is 103 cm³/mol. The first-order chi connectivity index (χ1) is 13.3. The number of ether oxygens (including phenoxy) is 1. The van der Waals surface area contributed by atoms with E-state index in [-0.39, 0.29) is 29.6 Å². The Morgan fingerprint density at radius 1 is 1.21 bits per heavy atom. The molecule has 1 aromatic carbocycles. The van der Waals surface area contributed by atoms with Gasteiger partial charge in [0, 0.05) is 6.42 Å². The normalized spacial score (nSPS) is 29.3. The van der Waals surface area contributed by atoms with Crippen LogP contribution in [0.1, 0.15) is 73.6 Å². The molecule has 1 spiro atoms. The molecule has 0 radical (unpaired) electrons. The third-order valence-electron chi connectivity index (χ3n) is 6.21. The lowest BCUT2D eigenvalue weighted by molar-refractivity contribution is 0.000448. The zero-order valence-corrected chi connectivity index (χ0v) is 16.6. The highest BCUT2D eigenvalue weighted by atomic mass is 16.6. The Morgan fingerprint density at radius 3 is 2.54 bits per heavy atom. The molecule has 28 heavy (non-hydrogen) atoms. The van der Waals surface area contributed by atoms with E-state index in [1.165, 1.54) is 0 Å². The highest BCUT2D eigenvalue weighted by Crippen LogP contribution is 2.66. The average Bonchev–Trinajstić information content (AvgIpc) is 3.48. The molecule has 0 aliphatic carbocycles. The maximum Gasteiger partial charge on any atom is 0.412 e. The van der Waals surface area contributed by atoms with Crippen molar-refractivity contribution in [3.63, 3.8) is 0 Å². The van der Waals surface area contributed by atoms with Crippen LogP contribution in [0.4, 0.5) is 4.79 Å². The number of cyclic esters (lactones) is 1. The van der Waals surface area contributed by atoms with Crippen LogP contribution >= 0.6 is 0 Å². The lowest BCUT2D eigenvalue weighted by Gasteiger charge is -2.28. The summed E-state index contributed by atoms with van der Waals surface area (Å²) in [6.45, 7) is 5.93. The third-order valence-corrected chi connectivity index (χ3v) is 6.21. The lowest BCUT2D eigenvalue weighted by Crippen LogP contribution is -2.37. The molecule has 3 heterocycles. The molecule has 0 saturated carbocycles. The summed E-state index contributed by atoms with van der Waals surface area (Å²) in [4.78, 5) is 41.2. The molecule has 7 nitrogen and oxygen atoms in total. The van der Waals surface area contributed by atoms with Gasteiger partial charge in [0.05, 0.1) is 23.2 Å². The zero-order valence-electron chi connectivity index (χ0n) is 16.6. The fourth-order valence-corrected chi connectivity index (χ4v) is 4.92. The first-order valence-electron chi connectivity index (χ1n) is 10.0. The van der Waals surface area contributed by atoms with Gasteiger partial charge in [0.1, 0.15) is 5.60 Å². The monoisotopic (exact) mass is 385 g/mol. The average molecular weight is 385 g/mol. The van der Waals surface area contributed by atoms with Gasteiger partial charge in [-0.05, 0) is 32.4 Å². The van der Waals surface area contributed by atoms with Gasteiger partial charge >= 0.3 is 6.09 Å². The van der Waals surface area contributed by atoms with Crippen LogP contribution in [0.15, 0.2) is 24.3 Å². The van der Waals surface area contributed by atoms with Gasteiger partial charge in [-0.2, -0.15) is 0 Å². The first-order valence-corrected chi connectivity index (χ1v) is 10.0. The van der Waals surface area contributed by atoms with Crippen LogP contribution in [0.2, 0.25) is 0 Å². The molecular weight excluding hydrogens is 358 g/mol. The van der Waals surface area contributed by atoms with Gasteiger partial charge in [-0.3, -0.25) is 14.5 Å². The maximum absolute atomic E-state index is 13.4. The van der Waals surface area contributed by atoms with Gasteiger partial charge < -0.3 is 15.4 Å². The van der Waals surface area contributed by atoms with Crippen LogP contribution in [-0.2, 0) is 4.74 Å². The Balaban J connectivity index is 1.65. The van der Waals surface area contributed by atoms with Crippen molar-refractivity contribution in [3.8, 4) is 0 Å². The van der Waals surface area contributed by atoms with Crippen molar-refractivity contribution in [1.82, 2.24) is 9.80 Å². The Bertz CT molecular complexity index is 852. The van der Waals surface area contributed by atoms with Crippen molar-refractivity contribution in [3.05, 3.63) is 35.4 Å². The number of amides is 3. The molecule has 150 valence electrons. The van der Waals surface area contributed by atoms with Crippen molar-refractivity contribution < 1.29 is 19.1 Å². The van der Waals surface area contributed by atoms with E-state index in [2.05, 4.69) is 6.92 Å². The van der Waals surface area contributed by atoms with Gasteiger partial charge in [0.25, 0.3) is 5.91 Å². The van der Waals surface area contributed by atoms with Crippen LogP contribution < -0.4 is 5.73 Å². The predicted octanol–water partition coefficient (Wildman–Crippen LogP) is 2.89. The largest absolute Gasteiger partial charge is 0.443 e. The molecule has 3 saturated heterocycles. The minimum absolute atomic E-state index is 0.0277. The summed E-state index contributed by atoms with van der Waals surface area (Å²) in [5.74, 6) is -0.868. The SMILES string of the molecule is CCCCC[C@@H]1N(C(=O)c2ccccc2C(N)=O)[C@]12C1CC(C)(C)OC(=O)N12. The summed E-state index contributed by atoms with van der Waals surface area (Å²) in [6, 6.07) is 6.53. The minimum atomic E-state index is -0.628. The molecule has 1 aromatic rings. The summed E-state index contributed by atoms with van der Waals surface area (Å²) >= 11 is 0. The van der Waals surface area contributed by atoms with Gasteiger partial charge in [0.2, 0.25) is 5.91 Å². The number of hydrogen-bond acceptors (Lipinski definition) is 4. The fraction of sp³-hybridized carbons (Fsp3) is 0.571. The molecule has 3 amide bonds. The number of benzene rings is 1. The van der Waals surface area contributed by atoms with Crippen molar-refractivity contribution in [2.75, 3.05) is 0 Å². The van der Waals surface area contributed by atoms with Gasteiger partial charge in [-0.15, -0.1) is 0 Å². The molecular formula is C21H27N3O4. The van der Waals surface area contributed by atoms with E-state index in [4.69, 9.17) is 10.5 Å². The number of carbonyl (C=O) groups is 3. The summed E-state index contributed by atoms with van der Waals surface area (Å²) in [7, 11) is 0. The van der Waals surface area contributed by atoms with Gasteiger partial charge in [-0.25, -0.2) is 4.79 Å². The molecule has 7 heteroatoms. The van der Waals surface area contributed by atoms with Crippen LogP contribution in [0.25, 0.3) is 0 Å². The van der Waals surface area contributed by atoms with E-state index in [0.717, 1.165) is 25.7 Å². The zero-order chi connectivity index (χ0) is 20.3. The number of unbranched alkanes of at least 4 members (excludes halogenated alkanes) is 2. The number of carbonyl (C=O) groups excluding carboxylic acids is 3. The number of rotatable bonds is 6. The molecule has 3 aliphatic rings. The quantitative estimate of drug-likeness (QED) is 0.602. The Labute approximate surface area is 164 Å². The van der Waals surface area contributed by atoms with Crippen molar-refractivity contribution in [2.45, 2.75) is 76.2 Å². The molecule has 4 rings (SSSR count). The number of nitrogens with zero attached hydrogens (tertiary/aromatic N) is 2. The topological polar surface area (TPSA) is 92.5 Å². The summed E-state index contributed by atoms with van der Waals surface area (Å²) in [5.41, 5.74) is 4.84. The molecule has 1 unspecified atom stereocenters. The highest BCUT2D eigenvalue weighted by molar-refractivity contribution is 6.08. The maximum atomic E-state index is 13.4. The number of hydrogen-bond donors (Lipinski definition) is 1. The van der Waals surface area contributed by atoms with Gasteiger partial charge in [-0.1, -0.05) is 38.3 Å². The van der Waals surface area contributed by atoms with Gasteiger partial charge in [0.15, 0.2) is 5.66 Å². The second-order valence-corrected chi connectivity index (χ2v) is 8.60. The van der Waals surface area contributed by atoms with E-state index in [9.17, 15) is 14.4 Å². The van der Waals surface area contributed by atoms with Crippen LogP contribution in [0, 0.1) is 0 Å². The Hall–Kier alpha value is -2.57. The number of primary amides is 1. The summed E-state index contributed by atoms with van der Waals surface area (Å²) in [6.07, 6.45) is 4.31. The Kier molecular flexibility index (Phi) is 4.17. The molecule has 0 bridgehead atoms. The molecule has 2 N–H and O–H groups in total. The molecule has 3 atom stereocenters. The molecule has 3 aliphatic heterocycles. The smallest absolute Gasteiger partial charge is 0.412 e. The highest BCUT2D eigenvalue weighted by Gasteiger charge is 2.87. The second-order valence-electron chi connectivity index (χ2n) is 8.60. The van der Waals surface area contributed by atoms with E-state index in [1.54, 1.807) is 34.1 Å². The second kappa shape index (κ2) is 6.22. The lowest BCUT2D eigenvalue weighted by atomic mass is 9.99. The summed E-state index contributed by atoms with van der Waals surface area (Å²) in [5, 5.41) is 0. The van der Waals surface area contributed by atoms with Crippen molar-refractivity contribution in [1.29, 1.82) is 0 Å². The minimum Gasteiger partial charge on any atom is -0.443 e. The van der Waals surface area contributed by atoms with Crippen molar-refractivity contribution >= 4 is 17.9 Å². The third kappa shape index (κ3) is 2.59. The fourth-order valence-electron chi connectivity index (χ4n) is 4.92. The van der Waals surface area contributed by atoms with E-state index < -0.39 is 17.2 Å². The molecule has 0 aromatic heterocycles. The van der Waals surface area contributed by atoms with Crippen LogP contribution in [0.5, 0.6) is 0 Å². The van der Waals surface area contributed by atoms with E-state index >= 15 is 0 Å². The first kappa shape index (κ1) is 18.8. The number of fused-ring (bicyclic) bond motifs is 3. The summed E-state index contributed by atoms with van der Waals surface area (Å²) < 4.78 is 5.55. The van der Waals surface area contributed by atoms with E-state index in [1.807, 2.05) is 13.8 Å². The standard InChI is InChI=1S/C21H27N3O4/c1-4-5-6-11-15-21(16-12-20(2,3)28-19(27)24(16)21)23(15)18(26)14-10-8-7-9-13(14)17(22)25/h7-10,15-16H,4-6,11-12H2,1-3H3,(H2,22,25)/t15-,16?,21+,23?,24?/m0/s1. The van der Waals surface area contributed by atoms with Crippen molar-refractivity contribution in [2.24, 2.45) is 5.73 Å². The van der Waals surface area contributed by atoms with Crippen LogP contribution in [-0.4, -0.2) is 51.1 Å². The Morgan fingerprint density at radius 2 is 1.89 bits per heavy atom.